The van der Waals surface area contributed by atoms with Crippen molar-refractivity contribution in [2.24, 2.45) is 5.16 Å². The topological polar surface area (TPSA) is 41.9 Å². The summed E-state index contributed by atoms with van der Waals surface area (Å²) >= 11 is 0. The number of aryl methyl sites for hydroxylation is 1. The van der Waals surface area contributed by atoms with Crippen LogP contribution in [0.2, 0.25) is 0 Å². The third-order valence-electron chi connectivity index (χ3n) is 5.29. The lowest BCUT2D eigenvalue weighted by Gasteiger charge is -2.25. The largest absolute Gasteiger partial charge is 0.390 e. The summed E-state index contributed by atoms with van der Waals surface area (Å²) in [5.74, 6) is -1.39. The first kappa shape index (κ1) is 20.7. The van der Waals surface area contributed by atoms with Crippen LogP contribution < -0.4 is 0 Å². The molecule has 0 aromatic heterocycles. The third-order valence-corrected chi connectivity index (χ3v) is 5.29. The number of benzene rings is 3. The minimum atomic E-state index is -0.583. The summed E-state index contributed by atoms with van der Waals surface area (Å²) in [6.07, 6.45) is 0.181. The highest BCUT2D eigenvalue weighted by Crippen LogP contribution is 2.22. The van der Waals surface area contributed by atoms with Crippen LogP contribution in [0.4, 0.5) is 8.78 Å². The van der Waals surface area contributed by atoms with Crippen molar-refractivity contribution in [2.45, 2.75) is 26.0 Å². The maximum Gasteiger partial charge on any atom is 0.257 e. The Morgan fingerprint density at radius 1 is 1.03 bits per heavy atom. The molecule has 158 valence electrons. The van der Waals surface area contributed by atoms with Crippen molar-refractivity contribution in [3.05, 3.63) is 107 Å². The normalized spacial score (nSPS) is 15.3. The lowest BCUT2D eigenvalue weighted by Crippen LogP contribution is -2.37. The van der Waals surface area contributed by atoms with Crippen LogP contribution in [0.5, 0.6) is 0 Å². The molecule has 31 heavy (non-hydrogen) atoms. The van der Waals surface area contributed by atoms with E-state index < -0.39 is 11.7 Å². The van der Waals surface area contributed by atoms with E-state index in [1.165, 1.54) is 29.2 Å². The average Bonchev–Trinajstić information content (AvgIpc) is 3.23. The van der Waals surface area contributed by atoms with Gasteiger partial charge in [-0.3, -0.25) is 4.79 Å². The number of rotatable bonds is 6. The van der Waals surface area contributed by atoms with Gasteiger partial charge in [-0.25, -0.2) is 8.78 Å². The number of hydrogen-bond donors (Lipinski definition) is 0. The summed E-state index contributed by atoms with van der Waals surface area (Å²) in [5, 5.41) is 4.22. The van der Waals surface area contributed by atoms with Crippen molar-refractivity contribution in [3.63, 3.8) is 0 Å². The second kappa shape index (κ2) is 9.08. The number of hydrogen-bond acceptors (Lipinski definition) is 3. The minimum Gasteiger partial charge on any atom is -0.390 e. The van der Waals surface area contributed by atoms with Crippen molar-refractivity contribution in [2.75, 3.05) is 6.54 Å². The molecule has 0 fully saturated rings. The van der Waals surface area contributed by atoms with Gasteiger partial charge in [0.05, 0.1) is 17.8 Å². The van der Waals surface area contributed by atoms with Crippen LogP contribution in [-0.2, 0) is 11.4 Å². The summed E-state index contributed by atoms with van der Waals surface area (Å²) in [7, 11) is 0. The Hall–Kier alpha value is -3.54. The first-order valence-corrected chi connectivity index (χ1v) is 10.1. The molecule has 0 aliphatic carbocycles. The van der Waals surface area contributed by atoms with E-state index in [1.807, 2.05) is 31.2 Å². The van der Waals surface area contributed by atoms with E-state index in [1.54, 1.807) is 24.3 Å². The van der Waals surface area contributed by atoms with Crippen LogP contribution in [0.1, 0.15) is 33.5 Å². The highest BCUT2D eigenvalue weighted by molar-refractivity contribution is 6.02. The van der Waals surface area contributed by atoms with Gasteiger partial charge in [-0.1, -0.05) is 53.7 Å². The van der Waals surface area contributed by atoms with Crippen molar-refractivity contribution < 1.29 is 18.4 Å². The van der Waals surface area contributed by atoms with Gasteiger partial charge in [-0.2, -0.15) is 0 Å². The molecule has 0 bridgehead atoms. The predicted octanol–water partition coefficient (Wildman–Crippen LogP) is 5.11. The van der Waals surface area contributed by atoms with Gasteiger partial charge >= 0.3 is 0 Å². The van der Waals surface area contributed by atoms with E-state index in [0.717, 1.165) is 22.4 Å². The lowest BCUT2D eigenvalue weighted by molar-refractivity contribution is 0.0402. The van der Waals surface area contributed by atoms with Gasteiger partial charge in [0.1, 0.15) is 11.6 Å². The highest BCUT2D eigenvalue weighted by Gasteiger charge is 2.28. The van der Waals surface area contributed by atoms with E-state index >= 15 is 0 Å². The molecule has 3 aromatic rings. The maximum atomic E-state index is 14.3. The molecular formula is C25H22F2N2O2. The first-order chi connectivity index (χ1) is 15.0. The van der Waals surface area contributed by atoms with Gasteiger partial charge < -0.3 is 9.74 Å². The molecule has 3 aromatic carbocycles. The molecule has 6 heteroatoms. The minimum absolute atomic E-state index is 0.0114. The number of amides is 1. The number of nitrogens with zero attached hydrogens (tertiary/aromatic N) is 2. The van der Waals surface area contributed by atoms with Crippen LogP contribution in [0, 0.1) is 18.6 Å². The van der Waals surface area contributed by atoms with E-state index in [2.05, 4.69) is 5.16 Å². The van der Waals surface area contributed by atoms with Crippen molar-refractivity contribution in [1.29, 1.82) is 0 Å². The van der Waals surface area contributed by atoms with E-state index in [-0.39, 0.29) is 30.6 Å². The van der Waals surface area contributed by atoms with Crippen LogP contribution in [-0.4, -0.2) is 29.2 Å². The van der Waals surface area contributed by atoms with Crippen LogP contribution in [0.15, 0.2) is 78.0 Å². The summed E-state index contributed by atoms with van der Waals surface area (Å²) in [4.78, 5) is 20.3. The van der Waals surface area contributed by atoms with Gasteiger partial charge in [0, 0.05) is 18.5 Å². The van der Waals surface area contributed by atoms with Crippen molar-refractivity contribution in [3.8, 4) is 0 Å². The summed E-state index contributed by atoms with van der Waals surface area (Å²) in [6.45, 7) is 2.43. The molecule has 1 aliphatic heterocycles. The quantitative estimate of drug-likeness (QED) is 0.556. The molecule has 0 spiro atoms. The molecule has 4 rings (SSSR count). The third kappa shape index (κ3) is 4.79. The van der Waals surface area contributed by atoms with Gasteiger partial charge in [0.2, 0.25) is 0 Å². The second-order valence-electron chi connectivity index (χ2n) is 7.58. The zero-order valence-corrected chi connectivity index (χ0v) is 17.1. The molecule has 1 aliphatic rings. The molecule has 4 nitrogen and oxygen atoms in total. The van der Waals surface area contributed by atoms with Gasteiger partial charge in [0.25, 0.3) is 5.91 Å². The molecule has 1 amide bonds. The fraction of sp³-hybridized carbons (Fsp3) is 0.200. The maximum absolute atomic E-state index is 14.3. The summed E-state index contributed by atoms with van der Waals surface area (Å²) in [5.41, 5.74) is 3.65. The Morgan fingerprint density at radius 3 is 2.48 bits per heavy atom. The van der Waals surface area contributed by atoms with Crippen molar-refractivity contribution in [1.82, 2.24) is 4.90 Å². The Balaban J connectivity index is 1.53. The molecule has 0 saturated carbocycles. The molecule has 0 radical (unpaired) electrons. The molecule has 0 N–H and O–H groups in total. The molecule has 0 saturated heterocycles. The SMILES string of the molecule is Cc1ccccc1C1=NO[C@H](CN(Cc2ccc(F)cc2)C(=O)c2ccccc2F)C1. The zero-order valence-electron chi connectivity index (χ0n) is 17.1. The van der Waals surface area contributed by atoms with Crippen LogP contribution in [0.3, 0.4) is 0 Å². The average molecular weight is 420 g/mol. The van der Waals surface area contributed by atoms with E-state index in [9.17, 15) is 13.6 Å². The molecular weight excluding hydrogens is 398 g/mol. The number of carbonyl (C=O) groups is 1. The number of halogens is 2. The number of oxime groups is 1. The van der Waals surface area contributed by atoms with E-state index in [0.29, 0.717) is 6.42 Å². The Kier molecular flexibility index (Phi) is 6.07. The Bertz CT molecular complexity index is 1110. The summed E-state index contributed by atoms with van der Waals surface area (Å²) in [6, 6.07) is 19.7. The fourth-order valence-corrected chi connectivity index (χ4v) is 3.66. The fourth-order valence-electron chi connectivity index (χ4n) is 3.66. The Morgan fingerprint density at radius 2 is 1.74 bits per heavy atom. The van der Waals surface area contributed by atoms with E-state index in [4.69, 9.17) is 4.84 Å². The van der Waals surface area contributed by atoms with Crippen LogP contribution >= 0.6 is 0 Å². The molecule has 1 atom stereocenters. The van der Waals surface area contributed by atoms with Gasteiger partial charge in [0.15, 0.2) is 6.10 Å². The van der Waals surface area contributed by atoms with Crippen LogP contribution in [0.25, 0.3) is 0 Å². The smallest absolute Gasteiger partial charge is 0.257 e. The summed E-state index contributed by atoms with van der Waals surface area (Å²) < 4.78 is 27.6. The first-order valence-electron chi connectivity index (χ1n) is 10.1. The molecule has 0 unspecified atom stereocenters. The zero-order chi connectivity index (χ0) is 21.8. The van der Waals surface area contributed by atoms with Crippen molar-refractivity contribution >= 4 is 11.6 Å². The molecule has 1 heterocycles. The highest BCUT2D eigenvalue weighted by atomic mass is 19.1. The monoisotopic (exact) mass is 420 g/mol. The second-order valence-corrected chi connectivity index (χ2v) is 7.58. The predicted molar refractivity (Wildman–Crippen MR) is 115 cm³/mol. The Labute approximate surface area is 179 Å². The van der Waals surface area contributed by atoms with Gasteiger partial charge in [-0.15, -0.1) is 0 Å². The van der Waals surface area contributed by atoms with Gasteiger partial charge in [-0.05, 0) is 42.3 Å². The number of carbonyl (C=O) groups excluding carboxylic acids is 1. The standard InChI is InChI=1S/C25H22F2N2O2/c1-17-6-2-3-7-21(17)24-14-20(31-28-24)16-29(15-18-10-12-19(26)13-11-18)25(30)22-8-4-5-9-23(22)27/h2-13,20H,14-16H2,1H3/t20-/m0/s1. The lowest BCUT2D eigenvalue weighted by atomic mass is 10.00.